The number of benzene rings is 8. The lowest BCUT2D eigenvalue weighted by molar-refractivity contribution is 0.224. The predicted octanol–water partition coefficient (Wildman–Crippen LogP) is 18.2. The highest BCUT2D eigenvalue weighted by atomic mass is 16.5. The maximum Gasteiger partial charge on any atom is 0.145 e. The summed E-state index contributed by atoms with van der Waals surface area (Å²) in [7, 11) is 0. The third-order valence-corrected chi connectivity index (χ3v) is 15.6. The Morgan fingerprint density at radius 1 is 0.641 bits per heavy atom. The summed E-state index contributed by atoms with van der Waals surface area (Å²) in [6.45, 7) is 6.54. The van der Waals surface area contributed by atoms with Gasteiger partial charge in [-0.25, -0.2) is 0 Å². The predicted molar refractivity (Wildman–Crippen MR) is 317 cm³/mol. The molecule has 0 N–H and O–H groups in total. The molecule has 0 amide bonds. The number of fused-ring (bicyclic) bond motifs is 14. The van der Waals surface area contributed by atoms with Crippen LogP contribution in [0.3, 0.4) is 0 Å². The summed E-state index contributed by atoms with van der Waals surface area (Å²) in [5.74, 6) is 0.830. The molecule has 0 spiro atoms. The molecule has 0 saturated heterocycles. The zero-order chi connectivity index (χ0) is 52.4. The standard InChI is InChI=1S/C70H50N6O2/c1-3-4-9-20-45(2)73(48-21-12-7-13-22-48)51-31-35-59-57(41-51)67-61(37-33-55-53-27-16-18-29-65(53)77-69(55)67)75(59)63-39-47(44-72)64(40-46(63)43-71)76-60-36-32-52(74(50-25-14-8-15-26-50)49-23-10-5-6-11-24-49)42-58(60)68-62(76)38-34-56-54-28-17-19-30-66(54)78-70(56)68/h3-5,7-10,12-22,24-42,55,69H,2,6,11,23H2,1H3/b4-3-,20-9-. The van der Waals surface area contributed by atoms with Crippen molar-refractivity contribution in [2.24, 2.45) is 0 Å². The average molecular weight is 1010 g/mol. The third-order valence-electron chi connectivity index (χ3n) is 15.6. The Morgan fingerprint density at radius 3 is 2.13 bits per heavy atom. The monoisotopic (exact) mass is 1010 g/mol. The number of nitrogens with zero attached hydrogens (tertiary/aromatic N) is 6. The topological polar surface area (TPSA) is 86.3 Å². The van der Waals surface area contributed by atoms with Crippen LogP contribution in [0.5, 0.6) is 5.75 Å². The van der Waals surface area contributed by atoms with Crippen LogP contribution in [-0.4, -0.2) is 9.13 Å². The summed E-state index contributed by atoms with van der Waals surface area (Å²) < 4.78 is 18.1. The van der Waals surface area contributed by atoms with Crippen molar-refractivity contribution in [1.29, 1.82) is 10.5 Å². The van der Waals surface area contributed by atoms with Gasteiger partial charge in [0, 0.05) is 79.2 Å². The van der Waals surface area contributed by atoms with E-state index in [0.717, 1.165) is 125 Å². The zero-order valence-corrected chi connectivity index (χ0v) is 42.8. The van der Waals surface area contributed by atoms with E-state index in [2.05, 4.69) is 177 Å². The molecule has 3 aliphatic rings. The van der Waals surface area contributed by atoms with Gasteiger partial charge in [-0.05, 0) is 129 Å². The molecular formula is C70H50N6O2. The number of hydrogen-bond acceptors (Lipinski definition) is 6. The van der Waals surface area contributed by atoms with E-state index in [1.54, 1.807) is 0 Å². The van der Waals surface area contributed by atoms with Gasteiger partial charge in [0.25, 0.3) is 0 Å². The Bertz CT molecular complexity index is 4530. The molecule has 8 nitrogen and oxygen atoms in total. The minimum absolute atomic E-state index is 0.0256. The van der Waals surface area contributed by atoms with Gasteiger partial charge in [-0.1, -0.05) is 122 Å². The van der Waals surface area contributed by atoms with Gasteiger partial charge in [0.05, 0.1) is 50.1 Å². The number of ether oxygens (including phenoxy) is 1. The Morgan fingerprint density at radius 2 is 1.33 bits per heavy atom. The Hall–Kier alpha value is -10.3. The lowest BCUT2D eigenvalue weighted by Crippen LogP contribution is -2.16. The first-order chi connectivity index (χ1) is 38.5. The molecule has 2 atom stereocenters. The van der Waals surface area contributed by atoms with Crippen molar-refractivity contribution in [3.05, 3.63) is 264 Å². The van der Waals surface area contributed by atoms with Gasteiger partial charge in [0.15, 0.2) is 0 Å². The molecule has 1 aliphatic heterocycles. The van der Waals surface area contributed by atoms with E-state index in [0.29, 0.717) is 22.5 Å². The highest BCUT2D eigenvalue weighted by Crippen LogP contribution is 2.54. The maximum absolute atomic E-state index is 11.5. The second kappa shape index (κ2) is 18.8. The van der Waals surface area contributed by atoms with Crippen LogP contribution in [0.25, 0.3) is 72.1 Å². The SMILES string of the molecule is C=C(/C=C\C=C/C)N(c1ccccc1)c1ccc2c(c1)c1c(n2-c2cc(C#N)c(-n3c4ccc(N(C5=CCCC=CC5)c5ccccc5)cc4c4c5oc6ccccc6c5ccc43)cc2C#N)C=CC2c3ccccc3OC12. The van der Waals surface area contributed by atoms with E-state index in [-0.39, 0.29) is 12.0 Å². The molecule has 3 aromatic heterocycles. The lowest BCUT2D eigenvalue weighted by Gasteiger charge is -2.27. The van der Waals surface area contributed by atoms with Gasteiger partial charge < -0.3 is 28.1 Å². The quantitative estimate of drug-likeness (QED) is 0.100. The number of rotatable bonds is 10. The van der Waals surface area contributed by atoms with Crippen molar-refractivity contribution in [3.63, 3.8) is 0 Å². The molecule has 8 aromatic carbocycles. The summed E-state index contributed by atoms with van der Waals surface area (Å²) in [5.41, 5.74) is 15.2. The van der Waals surface area contributed by atoms with E-state index in [1.807, 2.05) is 91.9 Å². The minimum atomic E-state index is -0.338. The summed E-state index contributed by atoms with van der Waals surface area (Å²) in [5, 5.41) is 27.9. The Balaban J connectivity index is 0.996. The van der Waals surface area contributed by atoms with E-state index >= 15 is 0 Å². The van der Waals surface area contributed by atoms with Crippen LogP contribution in [0.1, 0.15) is 66.2 Å². The lowest BCUT2D eigenvalue weighted by atomic mass is 9.85. The summed E-state index contributed by atoms with van der Waals surface area (Å²) in [4.78, 5) is 4.51. The fourth-order valence-corrected chi connectivity index (χ4v) is 12.3. The number of allylic oxidation sites excluding steroid dienone is 7. The molecule has 372 valence electrons. The first kappa shape index (κ1) is 46.3. The van der Waals surface area contributed by atoms with Gasteiger partial charge >= 0.3 is 0 Å². The van der Waals surface area contributed by atoms with Crippen LogP contribution < -0.4 is 14.5 Å². The van der Waals surface area contributed by atoms with Crippen molar-refractivity contribution in [3.8, 4) is 29.3 Å². The van der Waals surface area contributed by atoms with Gasteiger partial charge in [-0.15, -0.1) is 0 Å². The summed E-state index contributed by atoms with van der Waals surface area (Å²) >= 11 is 0. The fraction of sp³-hybridized carbons (Fsp3) is 0.0857. The molecule has 11 aromatic rings. The molecule has 8 heteroatoms. The largest absolute Gasteiger partial charge is 0.484 e. The van der Waals surface area contributed by atoms with Crippen LogP contribution in [0.15, 0.2) is 241 Å². The molecule has 2 unspecified atom stereocenters. The average Bonchev–Trinajstić information content (AvgIpc) is 4.38. The smallest absolute Gasteiger partial charge is 0.145 e. The van der Waals surface area contributed by atoms with Crippen molar-refractivity contribution in [2.75, 3.05) is 9.80 Å². The van der Waals surface area contributed by atoms with Crippen molar-refractivity contribution in [1.82, 2.24) is 9.13 Å². The van der Waals surface area contributed by atoms with Crippen LogP contribution >= 0.6 is 0 Å². The molecule has 14 rings (SSSR count). The van der Waals surface area contributed by atoms with E-state index in [4.69, 9.17) is 9.15 Å². The number of nitriles is 2. The van der Waals surface area contributed by atoms with Crippen molar-refractivity contribution in [2.45, 2.75) is 38.2 Å². The van der Waals surface area contributed by atoms with Gasteiger partial charge in [-0.2, -0.15) is 10.5 Å². The van der Waals surface area contributed by atoms with Gasteiger partial charge in [-0.3, -0.25) is 0 Å². The molecule has 0 radical (unpaired) electrons. The molecule has 0 bridgehead atoms. The Kier molecular flexibility index (Phi) is 11.2. The molecule has 0 saturated carbocycles. The van der Waals surface area contributed by atoms with E-state index < -0.39 is 0 Å². The minimum Gasteiger partial charge on any atom is -0.484 e. The van der Waals surface area contributed by atoms with Gasteiger partial charge in [0.1, 0.15) is 35.2 Å². The van der Waals surface area contributed by atoms with Gasteiger partial charge in [0.2, 0.25) is 0 Å². The number of aromatic nitrogens is 2. The first-order valence-electron chi connectivity index (χ1n) is 26.5. The number of anilines is 4. The molecule has 4 heterocycles. The number of para-hydroxylation sites is 4. The van der Waals surface area contributed by atoms with Crippen molar-refractivity contribution >= 4 is 83.5 Å². The third kappa shape index (κ3) is 7.34. The second-order valence-electron chi connectivity index (χ2n) is 20.0. The fourth-order valence-electron chi connectivity index (χ4n) is 12.3. The van der Waals surface area contributed by atoms with Crippen LogP contribution in [0.2, 0.25) is 0 Å². The highest BCUT2D eigenvalue weighted by molar-refractivity contribution is 6.24. The summed E-state index contributed by atoms with van der Waals surface area (Å²) in [6.07, 6.45) is 21.7. The number of hydrogen-bond donors (Lipinski definition) is 0. The normalized spacial score (nSPS) is 15.6. The van der Waals surface area contributed by atoms with E-state index in [9.17, 15) is 10.5 Å². The van der Waals surface area contributed by atoms with Crippen LogP contribution in [-0.2, 0) is 0 Å². The molecule has 78 heavy (non-hydrogen) atoms. The van der Waals surface area contributed by atoms with E-state index in [1.165, 1.54) is 5.70 Å². The summed E-state index contributed by atoms with van der Waals surface area (Å²) in [6, 6.07) is 63.5. The van der Waals surface area contributed by atoms with Crippen LogP contribution in [0.4, 0.5) is 22.7 Å². The molecule has 0 fully saturated rings. The van der Waals surface area contributed by atoms with Crippen LogP contribution in [0, 0.1) is 22.7 Å². The zero-order valence-electron chi connectivity index (χ0n) is 42.8. The van der Waals surface area contributed by atoms with Crippen molar-refractivity contribution < 1.29 is 9.15 Å². The Labute approximate surface area is 451 Å². The maximum atomic E-state index is 11.5. The number of furan rings is 1. The molecule has 2 aliphatic carbocycles. The first-order valence-corrected chi connectivity index (χ1v) is 26.5. The second-order valence-corrected chi connectivity index (χ2v) is 20.0. The molecular weight excluding hydrogens is 957 g/mol. The highest BCUT2D eigenvalue weighted by Gasteiger charge is 2.40.